The number of imidazole rings is 1. The Kier molecular flexibility index (Phi) is 2.99. The molecular formula is C14H22N3O3S+. The Morgan fingerprint density at radius 2 is 2.14 bits per heavy atom. The van der Waals surface area contributed by atoms with Crippen LogP contribution in [0, 0.1) is 0 Å². The number of carbonyl (C=O) groups is 1. The maximum absolute atomic E-state index is 12.8. The minimum Gasteiger partial charge on any atom is -0.320 e. The van der Waals surface area contributed by atoms with Gasteiger partial charge in [-0.3, -0.25) is 4.79 Å². The highest BCUT2D eigenvalue weighted by molar-refractivity contribution is 7.93. The molecule has 3 unspecified atom stereocenters. The lowest BCUT2D eigenvalue weighted by Crippen LogP contribution is -2.55. The minimum atomic E-state index is -3.34. The first-order chi connectivity index (χ1) is 9.72. The lowest BCUT2D eigenvalue weighted by atomic mass is 9.98. The Balaban J connectivity index is 1.97. The highest BCUT2D eigenvalue weighted by atomic mass is 32.2. The number of sulfone groups is 1. The summed E-state index contributed by atoms with van der Waals surface area (Å²) in [4.78, 5) is 13.2. The van der Waals surface area contributed by atoms with Crippen molar-refractivity contribution in [2.24, 2.45) is 7.05 Å². The molecule has 0 bridgehead atoms. The molecule has 1 amide bonds. The van der Waals surface area contributed by atoms with E-state index in [2.05, 4.69) is 6.92 Å². The summed E-state index contributed by atoms with van der Waals surface area (Å²) in [6, 6.07) is -0.286. The van der Waals surface area contributed by atoms with Crippen LogP contribution in [0.2, 0.25) is 0 Å². The van der Waals surface area contributed by atoms with Crippen LogP contribution in [0.15, 0.2) is 12.5 Å². The van der Waals surface area contributed by atoms with E-state index in [-0.39, 0.29) is 18.4 Å². The molecule has 2 aliphatic rings. The van der Waals surface area contributed by atoms with Crippen LogP contribution in [0.25, 0.3) is 0 Å². The monoisotopic (exact) mass is 312 g/mol. The zero-order valence-electron chi connectivity index (χ0n) is 12.9. The van der Waals surface area contributed by atoms with Crippen molar-refractivity contribution in [2.45, 2.75) is 56.3 Å². The van der Waals surface area contributed by atoms with Gasteiger partial charge in [0.05, 0.1) is 19.5 Å². The number of aryl methyl sites for hydroxylation is 2. The fourth-order valence-electron chi connectivity index (χ4n) is 3.59. The van der Waals surface area contributed by atoms with Gasteiger partial charge in [-0.05, 0) is 13.8 Å². The van der Waals surface area contributed by atoms with Crippen molar-refractivity contribution >= 4 is 15.7 Å². The smallest absolute Gasteiger partial charge is 0.243 e. The van der Waals surface area contributed by atoms with E-state index in [4.69, 9.17) is 0 Å². The van der Waals surface area contributed by atoms with Gasteiger partial charge in [0, 0.05) is 6.42 Å². The van der Waals surface area contributed by atoms with Crippen molar-refractivity contribution in [3.8, 4) is 0 Å². The van der Waals surface area contributed by atoms with E-state index in [1.807, 2.05) is 35.6 Å². The standard InChI is InChI=1S/C14H22N3O3S/c1-5-11-7-16(9-15(11)4)8-14(3)10(2)17-12(18)6-13(17)21(14,19)20/h7,9-10,13H,5-6,8H2,1-4H3/q+1. The second-order valence-electron chi connectivity index (χ2n) is 6.37. The van der Waals surface area contributed by atoms with E-state index >= 15 is 0 Å². The molecule has 0 saturated carbocycles. The first-order valence-corrected chi connectivity index (χ1v) is 8.86. The zero-order valence-corrected chi connectivity index (χ0v) is 13.7. The average molecular weight is 312 g/mol. The van der Waals surface area contributed by atoms with Crippen molar-refractivity contribution in [2.75, 3.05) is 0 Å². The number of hydrogen-bond acceptors (Lipinski definition) is 3. The quantitative estimate of drug-likeness (QED) is 0.583. The van der Waals surface area contributed by atoms with Crippen molar-refractivity contribution < 1.29 is 17.8 Å². The van der Waals surface area contributed by atoms with Crippen molar-refractivity contribution in [3.05, 3.63) is 18.2 Å². The third-order valence-electron chi connectivity index (χ3n) is 5.20. The fraction of sp³-hybridized carbons (Fsp3) is 0.714. The van der Waals surface area contributed by atoms with Crippen LogP contribution < -0.4 is 4.57 Å². The predicted molar refractivity (Wildman–Crippen MR) is 77.0 cm³/mol. The number of nitrogens with zero attached hydrogens (tertiary/aromatic N) is 3. The van der Waals surface area contributed by atoms with Gasteiger partial charge in [-0.25, -0.2) is 17.6 Å². The van der Waals surface area contributed by atoms with Gasteiger partial charge in [0.1, 0.15) is 28.6 Å². The molecule has 1 aromatic heterocycles. The Morgan fingerprint density at radius 1 is 1.48 bits per heavy atom. The maximum atomic E-state index is 12.8. The molecule has 0 aliphatic carbocycles. The van der Waals surface area contributed by atoms with Gasteiger partial charge in [-0.1, -0.05) is 6.92 Å². The predicted octanol–water partition coefficient (Wildman–Crippen LogP) is 0.00900. The van der Waals surface area contributed by atoms with E-state index in [1.54, 1.807) is 11.8 Å². The molecule has 0 N–H and O–H groups in total. The summed E-state index contributed by atoms with van der Waals surface area (Å²) < 4.78 is 28.6. The number of rotatable bonds is 3. The summed E-state index contributed by atoms with van der Waals surface area (Å²) in [6.45, 7) is 6.06. The van der Waals surface area contributed by atoms with Gasteiger partial charge in [0.2, 0.25) is 12.2 Å². The van der Waals surface area contributed by atoms with Gasteiger partial charge in [0.25, 0.3) is 0 Å². The fourth-order valence-corrected chi connectivity index (χ4v) is 6.09. The van der Waals surface area contributed by atoms with Crippen LogP contribution in [0.4, 0.5) is 0 Å². The number of hydrogen-bond donors (Lipinski definition) is 0. The molecule has 0 spiro atoms. The molecular weight excluding hydrogens is 290 g/mol. The van der Waals surface area contributed by atoms with E-state index < -0.39 is 20.0 Å². The molecule has 21 heavy (non-hydrogen) atoms. The van der Waals surface area contributed by atoms with Crippen molar-refractivity contribution in [1.29, 1.82) is 0 Å². The molecule has 1 aromatic rings. The molecule has 2 aliphatic heterocycles. The van der Waals surface area contributed by atoms with Crippen LogP contribution in [0.1, 0.15) is 32.9 Å². The third kappa shape index (κ3) is 1.73. The molecule has 2 saturated heterocycles. The second kappa shape index (κ2) is 4.32. The highest BCUT2D eigenvalue weighted by Gasteiger charge is 2.66. The zero-order chi connectivity index (χ0) is 15.6. The second-order valence-corrected chi connectivity index (χ2v) is 8.93. The van der Waals surface area contributed by atoms with E-state index in [9.17, 15) is 13.2 Å². The molecule has 3 heterocycles. The molecule has 116 valence electrons. The third-order valence-corrected chi connectivity index (χ3v) is 8.09. The SMILES string of the molecule is CCc1c[n+](CC2(C)C(C)N3C(=O)CC3S2(=O)=O)cn1C. The topological polar surface area (TPSA) is 63.3 Å². The number of aromatic nitrogens is 2. The Bertz CT molecular complexity index is 709. The first kappa shape index (κ1) is 14.6. The lowest BCUT2D eigenvalue weighted by Gasteiger charge is -2.36. The van der Waals surface area contributed by atoms with Gasteiger partial charge < -0.3 is 4.90 Å². The van der Waals surface area contributed by atoms with Crippen molar-refractivity contribution in [3.63, 3.8) is 0 Å². The minimum absolute atomic E-state index is 0.0490. The molecule has 3 atom stereocenters. The molecule has 2 fully saturated rings. The van der Waals surface area contributed by atoms with Gasteiger partial charge in [-0.15, -0.1) is 0 Å². The average Bonchev–Trinajstić information content (AvgIpc) is 2.78. The van der Waals surface area contributed by atoms with Gasteiger partial charge in [-0.2, -0.15) is 0 Å². The number of carbonyl (C=O) groups excluding carboxylic acids is 1. The molecule has 0 radical (unpaired) electrons. The van der Waals surface area contributed by atoms with Gasteiger partial charge in [0.15, 0.2) is 9.84 Å². The van der Waals surface area contributed by atoms with Gasteiger partial charge >= 0.3 is 0 Å². The highest BCUT2D eigenvalue weighted by Crippen LogP contribution is 2.45. The van der Waals surface area contributed by atoms with Crippen LogP contribution in [0.5, 0.6) is 0 Å². The van der Waals surface area contributed by atoms with Crippen LogP contribution in [-0.2, 0) is 34.6 Å². The summed E-state index contributed by atoms with van der Waals surface area (Å²) in [6.07, 6.45) is 4.95. The largest absolute Gasteiger partial charge is 0.320 e. The normalized spacial score (nSPS) is 33.9. The lowest BCUT2D eigenvalue weighted by molar-refractivity contribution is -0.700. The maximum Gasteiger partial charge on any atom is 0.243 e. The van der Waals surface area contributed by atoms with E-state index in [1.165, 1.54) is 0 Å². The van der Waals surface area contributed by atoms with Crippen LogP contribution >= 0.6 is 0 Å². The first-order valence-electron chi connectivity index (χ1n) is 7.31. The van der Waals surface area contributed by atoms with Crippen LogP contribution in [0.3, 0.4) is 0 Å². The summed E-state index contributed by atoms with van der Waals surface area (Å²) in [5.41, 5.74) is 1.15. The summed E-state index contributed by atoms with van der Waals surface area (Å²) in [5.74, 6) is -0.0490. The number of fused-ring (bicyclic) bond motifs is 1. The number of amides is 1. The molecule has 7 heteroatoms. The molecule has 3 rings (SSSR count). The van der Waals surface area contributed by atoms with Crippen LogP contribution in [-0.4, -0.2) is 40.0 Å². The molecule has 0 aromatic carbocycles. The van der Waals surface area contributed by atoms with E-state index in [0.717, 1.165) is 12.1 Å². The molecule has 6 nitrogen and oxygen atoms in total. The Labute approximate surface area is 125 Å². The van der Waals surface area contributed by atoms with E-state index in [0.29, 0.717) is 6.54 Å². The van der Waals surface area contributed by atoms with Crippen molar-refractivity contribution in [1.82, 2.24) is 9.47 Å². The Hall–Kier alpha value is -1.37. The Morgan fingerprint density at radius 3 is 2.62 bits per heavy atom. The number of β-lactam (4-membered cyclic amide) rings is 1. The summed E-state index contributed by atoms with van der Waals surface area (Å²) >= 11 is 0. The summed E-state index contributed by atoms with van der Waals surface area (Å²) in [7, 11) is -1.38. The summed E-state index contributed by atoms with van der Waals surface area (Å²) in [5, 5.41) is -0.611.